The normalized spacial score (nSPS) is 15.0. The van der Waals surface area contributed by atoms with Crippen LogP contribution in [0.25, 0.3) is 0 Å². The van der Waals surface area contributed by atoms with E-state index in [1.54, 1.807) is 0 Å². The highest BCUT2D eigenvalue weighted by Crippen LogP contribution is 2.20. The van der Waals surface area contributed by atoms with Crippen LogP contribution in [0.3, 0.4) is 0 Å². The van der Waals surface area contributed by atoms with Gasteiger partial charge in [-0.2, -0.15) is 0 Å². The predicted octanol–water partition coefficient (Wildman–Crippen LogP) is 2.78. The van der Waals surface area contributed by atoms with Gasteiger partial charge in [-0.1, -0.05) is 51.1 Å². The molecule has 0 atom stereocenters. The van der Waals surface area contributed by atoms with Gasteiger partial charge >= 0.3 is 0 Å². The number of benzene rings is 1. The molecule has 0 radical (unpaired) electrons. The van der Waals surface area contributed by atoms with Gasteiger partial charge in [0, 0.05) is 38.1 Å². The van der Waals surface area contributed by atoms with Crippen molar-refractivity contribution >= 4 is 17.5 Å². The Hall–Kier alpha value is -2.63. The van der Waals surface area contributed by atoms with E-state index in [0.717, 1.165) is 44.4 Å². The third-order valence-corrected chi connectivity index (χ3v) is 4.50. The molecular formula is C20H27N5O. The molecule has 0 aliphatic carbocycles. The van der Waals surface area contributed by atoms with Crippen molar-refractivity contribution in [1.29, 1.82) is 0 Å². The minimum absolute atomic E-state index is 0.212. The Morgan fingerprint density at radius 1 is 1.00 bits per heavy atom. The maximum absolute atomic E-state index is 12.4. The van der Waals surface area contributed by atoms with E-state index in [4.69, 9.17) is 0 Å². The van der Waals surface area contributed by atoms with Gasteiger partial charge in [0.15, 0.2) is 5.82 Å². The number of piperazine rings is 1. The lowest BCUT2D eigenvalue weighted by atomic mass is 9.94. The molecule has 1 aliphatic rings. The van der Waals surface area contributed by atoms with Crippen LogP contribution < -0.4 is 10.2 Å². The largest absolute Gasteiger partial charge is 0.365 e. The molecule has 3 rings (SSSR count). The number of anilines is 2. The standard InChI is InChI=1S/C20H27N5O/c1-20(2,3)19(26)25-13-11-24(12-14-25)18-10-9-17(22-23-18)21-15-16-7-5-4-6-8-16/h4-10H,11-15H2,1-3H3,(H,21,22). The highest BCUT2D eigenvalue weighted by Gasteiger charge is 2.29. The van der Waals surface area contributed by atoms with Crippen molar-refractivity contribution in [2.45, 2.75) is 27.3 Å². The first-order valence-electron chi connectivity index (χ1n) is 9.09. The average molecular weight is 353 g/mol. The number of nitrogens with one attached hydrogen (secondary N) is 1. The van der Waals surface area contributed by atoms with E-state index in [0.29, 0.717) is 0 Å². The van der Waals surface area contributed by atoms with E-state index >= 15 is 0 Å². The van der Waals surface area contributed by atoms with Gasteiger partial charge < -0.3 is 15.1 Å². The zero-order chi connectivity index (χ0) is 18.6. The topological polar surface area (TPSA) is 61.4 Å². The Bertz CT molecular complexity index is 716. The number of hydrogen-bond acceptors (Lipinski definition) is 5. The number of amides is 1. The monoisotopic (exact) mass is 353 g/mol. The van der Waals surface area contributed by atoms with Crippen LogP contribution in [-0.2, 0) is 11.3 Å². The van der Waals surface area contributed by atoms with Crippen molar-refractivity contribution in [2.24, 2.45) is 5.41 Å². The number of hydrogen-bond donors (Lipinski definition) is 1. The van der Waals surface area contributed by atoms with Crippen LogP contribution in [0.1, 0.15) is 26.3 Å². The third-order valence-electron chi connectivity index (χ3n) is 4.50. The molecule has 1 aliphatic heterocycles. The van der Waals surface area contributed by atoms with E-state index in [9.17, 15) is 4.79 Å². The molecule has 6 nitrogen and oxygen atoms in total. The lowest BCUT2D eigenvalue weighted by Gasteiger charge is -2.38. The summed E-state index contributed by atoms with van der Waals surface area (Å²) in [6.07, 6.45) is 0. The van der Waals surface area contributed by atoms with Crippen molar-refractivity contribution in [2.75, 3.05) is 36.4 Å². The van der Waals surface area contributed by atoms with Gasteiger partial charge in [0.25, 0.3) is 0 Å². The van der Waals surface area contributed by atoms with Crippen LogP contribution in [0.5, 0.6) is 0 Å². The summed E-state index contributed by atoms with van der Waals surface area (Å²) < 4.78 is 0. The molecule has 1 fully saturated rings. The molecule has 0 unspecified atom stereocenters. The van der Waals surface area contributed by atoms with Crippen molar-refractivity contribution in [1.82, 2.24) is 15.1 Å². The van der Waals surface area contributed by atoms with Crippen LogP contribution in [-0.4, -0.2) is 47.2 Å². The second-order valence-electron chi connectivity index (χ2n) is 7.65. The number of aromatic nitrogens is 2. The van der Waals surface area contributed by atoms with Crippen molar-refractivity contribution < 1.29 is 4.79 Å². The SMILES string of the molecule is CC(C)(C)C(=O)N1CCN(c2ccc(NCc3ccccc3)nn2)CC1. The average Bonchev–Trinajstić information content (AvgIpc) is 2.66. The Kier molecular flexibility index (Phi) is 5.40. The second kappa shape index (κ2) is 7.72. The van der Waals surface area contributed by atoms with E-state index in [-0.39, 0.29) is 11.3 Å². The summed E-state index contributed by atoms with van der Waals surface area (Å²) in [5.41, 5.74) is 0.881. The smallest absolute Gasteiger partial charge is 0.228 e. The molecule has 0 spiro atoms. The van der Waals surface area contributed by atoms with Gasteiger partial charge in [-0.25, -0.2) is 0 Å². The second-order valence-corrected chi connectivity index (χ2v) is 7.65. The molecule has 0 bridgehead atoms. The number of rotatable bonds is 4. The predicted molar refractivity (Wildman–Crippen MR) is 104 cm³/mol. The molecule has 1 amide bonds. The van der Waals surface area contributed by atoms with Crippen LogP contribution in [0.15, 0.2) is 42.5 Å². The van der Waals surface area contributed by atoms with Gasteiger partial charge in [-0.3, -0.25) is 4.79 Å². The van der Waals surface area contributed by atoms with Crippen LogP contribution >= 0.6 is 0 Å². The van der Waals surface area contributed by atoms with Crippen molar-refractivity contribution in [3.63, 3.8) is 0 Å². The third kappa shape index (κ3) is 4.50. The molecule has 1 saturated heterocycles. The molecule has 138 valence electrons. The molecule has 1 N–H and O–H groups in total. The van der Waals surface area contributed by atoms with Gasteiger partial charge in [-0.05, 0) is 17.7 Å². The summed E-state index contributed by atoms with van der Waals surface area (Å²) >= 11 is 0. The van der Waals surface area contributed by atoms with Crippen molar-refractivity contribution in [3.8, 4) is 0 Å². The quantitative estimate of drug-likeness (QED) is 0.916. The zero-order valence-electron chi connectivity index (χ0n) is 15.8. The highest BCUT2D eigenvalue weighted by atomic mass is 16.2. The number of carbonyl (C=O) groups is 1. The molecule has 2 heterocycles. The molecule has 1 aromatic carbocycles. The Balaban J connectivity index is 1.52. The van der Waals surface area contributed by atoms with Gasteiger partial charge in [0.1, 0.15) is 5.82 Å². The number of nitrogens with zero attached hydrogens (tertiary/aromatic N) is 4. The summed E-state index contributed by atoms with van der Waals surface area (Å²) in [7, 11) is 0. The van der Waals surface area contributed by atoms with Crippen LogP contribution in [0, 0.1) is 5.41 Å². The Morgan fingerprint density at radius 3 is 2.27 bits per heavy atom. The van der Waals surface area contributed by atoms with Gasteiger partial charge in [-0.15, -0.1) is 10.2 Å². The Morgan fingerprint density at radius 2 is 1.69 bits per heavy atom. The van der Waals surface area contributed by atoms with Gasteiger partial charge in [0.2, 0.25) is 5.91 Å². The van der Waals surface area contributed by atoms with Crippen molar-refractivity contribution in [3.05, 3.63) is 48.0 Å². The molecule has 0 saturated carbocycles. The first-order chi connectivity index (χ1) is 12.4. The fourth-order valence-electron chi connectivity index (χ4n) is 2.99. The number of carbonyl (C=O) groups excluding carboxylic acids is 1. The first kappa shape index (κ1) is 18.2. The summed E-state index contributed by atoms with van der Waals surface area (Å²) in [6, 6.07) is 14.2. The molecule has 2 aromatic rings. The van der Waals surface area contributed by atoms with Crippen LogP contribution in [0.2, 0.25) is 0 Å². The van der Waals surface area contributed by atoms with E-state index in [2.05, 4.69) is 32.5 Å². The fourth-order valence-corrected chi connectivity index (χ4v) is 2.99. The Labute approximate surface area is 155 Å². The maximum Gasteiger partial charge on any atom is 0.228 e. The maximum atomic E-state index is 12.4. The minimum Gasteiger partial charge on any atom is -0.365 e. The molecule has 1 aromatic heterocycles. The summed E-state index contributed by atoms with van der Waals surface area (Å²) in [6.45, 7) is 9.65. The first-order valence-corrected chi connectivity index (χ1v) is 9.09. The highest BCUT2D eigenvalue weighted by molar-refractivity contribution is 5.81. The van der Waals surface area contributed by atoms with E-state index < -0.39 is 0 Å². The lowest BCUT2D eigenvalue weighted by Crippen LogP contribution is -2.51. The van der Waals surface area contributed by atoms with E-state index in [1.165, 1.54) is 5.56 Å². The minimum atomic E-state index is -0.325. The van der Waals surface area contributed by atoms with E-state index in [1.807, 2.05) is 56.0 Å². The van der Waals surface area contributed by atoms with Gasteiger partial charge in [0.05, 0.1) is 0 Å². The molecule has 6 heteroatoms. The van der Waals surface area contributed by atoms with Crippen LogP contribution in [0.4, 0.5) is 11.6 Å². The molecule has 26 heavy (non-hydrogen) atoms. The molecular weight excluding hydrogens is 326 g/mol. The fraction of sp³-hybridized carbons (Fsp3) is 0.450. The summed E-state index contributed by atoms with van der Waals surface area (Å²) in [5, 5.41) is 11.9. The summed E-state index contributed by atoms with van der Waals surface area (Å²) in [4.78, 5) is 16.5. The summed E-state index contributed by atoms with van der Waals surface area (Å²) in [5.74, 6) is 1.83. The zero-order valence-corrected chi connectivity index (χ0v) is 15.8. The lowest BCUT2D eigenvalue weighted by molar-refractivity contribution is -0.139.